The summed E-state index contributed by atoms with van der Waals surface area (Å²) in [5.41, 5.74) is 2.96. The molecule has 0 spiro atoms. The van der Waals surface area contributed by atoms with Crippen LogP contribution < -0.4 is 4.74 Å². The fraction of sp³-hybridized carbons (Fsp3) is 0.188. The van der Waals surface area contributed by atoms with E-state index in [1.54, 1.807) is 7.11 Å². The summed E-state index contributed by atoms with van der Waals surface area (Å²) in [5.74, 6) is 0.196. The van der Waals surface area contributed by atoms with Crippen LogP contribution in [-0.4, -0.2) is 13.1 Å². The predicted octanol–water partition coefficient (Wildman–Crippen LogP) is 2.88. The molecule has 0 saturated heterocycles. The number of rotatable bonds is 2. The lowest BCUT2D eigenvalue weighted by Crippen LogP contribution is -2.23. The van der Waals surface area contributed by atoms with Crippen LogP contribution in [0.3, 0.4) is 0 Å². The number of fused-ring (bicyclic) bond motifs is 1. The summed E-state index contributed by atoms with van der Waals surface area (Å²) in [6.07, 6.45) is 0. The maximum absolute atomic E-state index is 12.1. The summed E-state index contributed by atoms with van der Waals surface area (Å²) in [4.78, 5) is 12.1. The second-order valence-corrected chi connectivity index (χ2v) is 4.52. The topological polar surface area (TPSA) is 35.5 Å². The number of ether oxygens (including phenoxy) is 2. The minimum Gasteiger partial charge on any atom is -0.497 e. The zero-order valence-electron chi connectivity index (χ0n) is 10.6. The highest BCUT2D eigenvalue weighted by atomic mass is 16.5. The second-order valence-electron chi connectivity index (χ2n) is 4.52. The molecule has 0 radical (unpaired) electrons. The number of hydrogen-bond donors (Lipinski definition) is 0. The minimum atomic E-state index is -0.361. The lowest BCUT2D eigenvalue weighted by Gasteiger charge is -2.25. The number of carbonyl (C=O) groups is 1. The fourth-order valence-electron chi connectivity index (χ4n) is 2.42. The van der Waals surface area contributed by atoms with Crippen molar-refractivity contribution in [1.82, 2.24) is 0 Å². The van der Waals surface area contributed by atoms with Gasteiger partial charge in [-0.1, -0.05) is 36.4 Å². The lowest BCUT2D eigenvalue weighted by molar-refractivity contribution is -0.147. The van der Waals surface area contributed by atoms with E-state index >= 15 is 0 Å². The maximum atomic E-state index is 12.1. The Labute approximate surface area is 111 Å². The van der Waals surface area contributed by atoms with Gasteiger partial charge in [0, 0.05) is 0 Å². The molecule has 0 saturated carbocycles. The Morgan fingerprint density at radius 1 is 1.16 bits per heavy atom. The van der Waals surface area contributed by atoms with Crippen molar-refractivity contribution in [1.29, 1.82) is 0 Å². The molecular formula is C16H14O3. The number of methoxy groups -OCH3 is 1. The number of cyclic esters (lactones) is 1. The van der Waals surface area contributed by atoms with Crippen LogP contribution in [0.25, 0.3) is 0 Å². The van der Waals surface area contributed by atoms with Gasteiger partial charge < -0.3 is 9.47 Å². The molecule has 1 aliphatic rings. The first-order valence-electron chi connectivity index (χ1n) is 6.18. The van der Waals surface area contributed by atoms with Gasteiger partial charge in [-0.05, 0) is 28.8 Å². The average Bonchev–Trinajstić information content (AvgIpc) is 2.47. The summed E-state index contributed by atoms with van der Waals surface area (Å²) in [6, 6.07) is 15.4. The van der Waals surface area contributed by atoms with Gasteiger partial charge in [0.25, 0.3) is 0 Å². The molecular weight excluding hydrogens is 240 g/mol. The Balaban J connectivity index is 2.13. The Bertz CT molecular complexity index is 605. The highest BCUT2D eigenvalue weighted by Gasteiger charge is 2.31. The standard InChI is InChI=1S/C16H14O3/c1-18-13-8-7-12-10-19-16(17)15(14(12)9-13)11-5-3-2-4-6-11/h2-9,15H,10H2,1H3. The van der Waals surface area contributed by atoms with Crippen LogP contribution in [0, 0.1) is 0 Å². The quantitative estimate of drug-likeness (QED) is 0.773. The summed E-state index contributed by atoms with van der Waals surface area (Å²) in [5, 5.41) is 0. The Kier molecular flexibility index (Phi) is 2.95. The molecule has 0 N–H and O–H groups in total. The normalized spacial score (nSPS) is 17.5. The van der Waals surface area contributed by atoms with Crippen LogP contribution in [0.15, 0.2) is 48.5 Å². The van der Waals surface area contributed by atoms with Crippen molar-refractivity contribution in [3.63, 3.8) is 0 Å². The van der Waals surface area contributed by atoms with Crippen LogP contribution in [-0.2, 0) is 16.1 Å². The van der Waals surface area contributed by atoms with Crippen molar-refractivity contribution < 1.29 is 14.3 Å². The van der Waals surface area contributed by atoms with Gasteiger partial charge in [0.15, 0.2) is 0 Å². The van der Waals surface area contributed by atoms with E-state index in [4.69, 9.17) is 9.47 Å². The maximum Gasteiger partial charge on any atom is 0.318 e. The van der Waals surface area contributed by atoms with E-state index in [1.165, 1.54) is 0 Å². The molecule has 19 heavy (non-hydrogen) atoms. The van der Waals surface area contributed by atoms with Gasteiger partial charge in [-0.15, -0.1) is 0 Å². The average molecular weight is 254 g/mol. The van der Waals surface area contributed by atoms with Crippen LogP contribution in [0.4, 0.5) is 0 Å². The highest BCUT2D eigenvalue weighted by Crippen LogP contribution is 2.35. The van der Waals surface area contributed by atoms with Crippen molar-refractivity contribution in [2.75, 3.05) is 7.11 Å². The molecule has 2 aromatic carbocycles. The van der Waals surface area contributed by atoms with Gasteiger partial charge in [0.2, 0.25) is 0 Å². The van der Waals surface area contributed by atoms with Crippen LogP contribution in [0.2, 0.25) is 0 Å². The van der Waals surface area contributed by atoms with Crippen molar-refractivity contribution in [3.8, 4) is 5.75 Å². The molecule has 1 heterocycles. The van der Waals surface area contributed by atoms with Crippen molar-refractivity contribution in [3.05, 3.63) is 65.2 Å². The summed E-state index contributed by atoms with van der Waals surface area (Å²) >= 11 is 0. The van der Waals surface area contributed by atoms with E-state index in [0.717, 1.165) is 22.4 Å². The third kappa shape index (κ3) is 2.08. The monoisotopic (exact) mass is 254 g/mol. The fourth-order valence-corrected chi connectivity index (χ4v) is 2.42. The van der Waals surface area contributed by atoms with Crippen molar-refractivity contribution in [2.24, 2.45) is 0 Å². The first kappa shape index (κ1) is 11.8. The third-order valence-electron chi connectivity index (χ3n) is 3.40. The summed E-state index contributed by atoms with van der Waals surface area (Å²) < 4.78 is 10.5. The SMILES string of the molecule is COc1ccc2c(c1)C(c1ccccc1)C(=O)OC2. The van der Waals surface area contributed by atoms with Gasteiger partial charge in [0.1, 0.15) is 18.3 Å². The zero-order chi connectivity index (χ0) is 13.2. The highest BCUT2D eigenvalue weighted by molar-refractivity contribution is 5.84. The Hall–Kier alpha value is -2.29. The van der Waals surface area contributed by atoms with Gasteiger partial charge in [-0.25, -0.2) is 0 Å². The molecule has 1 unspecified atom stereocenters. The first-order chi connectivity index (χ1) is 9.29. The second kappa shape index (κ2) is 4.76. The Morgan fingerprint density at radius 2 is 1.95 bits per heavy atom. The van der Waals surface area contributed by atoms with Gasteiger partial charge >= 0.3 is 5.97 Å². The van der Waals surface area contributed by atoms with Gasteiger partial charge in [-0.3, -0.25) is 4.79 Å². The Morgan fingerprint density at radius 3 is 2.68 bits per heavy atom. The minimum absolute atomic E-state index is 0.202. The molecule has 3 heteroatoms. The number of carbonyl (C=O) groups excluding carboxylic acids is 1. The molecule has 3 rings (SSSR count). The van der Waals surface area contributed by atoms with Crippen LogP contribution in [0.5, 0.6) is 5.75 Å². The van der Waals surface area contributed by atoms with E-state index in [-0.39, 0.29) is 11.9 Å². The third-order valence-corrected chi connectivity index (χ3v) is 3.40. The molecule has 2 aromatic rings. The molecule has 0 aliphatic carbocycles. The van der Waals surface area contributed by atoms with Gasteiger partial charge in [0.05, 0.1) is 7.11 Å². The summed E-state index contributed by atoms with van der Waals surface area (Å²) in [6.45, 7) is 0.335. The molecule has 0 aromatic heterocycles. The number of hydrogen-bond acceptors (Lipinski definition) is 3. The molecule has 1 atom stereocenters. The smallest absolute Gasteiger partial charge is 0.318 e. The van der Waals surface area contributed by atoms with E-state index in [1.807, 2.05) is 48.5 Å². The van der Waals surface area contributed by atoms with Gasteiger partial charge in [-0.2, -0.15) is 0 Å². The van der Waals surface area contributed by atoms with Crippen LogP contribution >= 0.6 is 0 Å². The molecule has 96 valence electrons. The van der Waals surface area contributed by atoms with Crippen molar-refractivity contribution in [2.45, 2.75) is 12.5 Å². The largest absolute Gasteiger partial charge is 0.497 e. The van der Waals surface area contributed by atoms with E-state index in [2.05, 4.69) is 0 Å². The number of esters is 1. The molecule has 1 aliphatic heterocycles. The van der Waals surface area contributed by atoms with E-state index in [9.17, 15) is 4.79 Å². The van der Waals surface area contributed by atoms with Crippen molar-refractivity contribution >= 4 is 5.97 Å². The summed E-state index contributed by atoms with van der Waals surface area (Å²) in [7, 11) is 1.63. The van der Waals surface area contributed by atoms with E-state index < -0.39 is 0 Å². The van der Waals surface area contributed by atoms with E-state index in [0.29, 0.717) is 6.61 Å². The molecule has 3 nitrogen and oxygen atoms in total. The van der Waals surface area contributed by atoms with Crippen LogP contribution in [0.1, 0.15) is 22.6 Å². The molecule has 0 fully saturated rings. The molecule has 0 amide bonds. The number of benzene rings is 2. The molecule has 0 bridgehead atoms. The lowest BCUT2D eigenvalue weighted by atomic mass is 9.86. The zero-order valence-corrected chi connectivity index (χ0v) is 10.6. The predicted molar refractivity (Wildman–Crippen MR) is 71.1 cm³/mol. The first-order valence-corrected chi connectivity index (χ1v) is 6.18.